The third-order valence-electron chi connectivity index (χ3n) is 6.30. The van der Waals surface area contributed by atoms with E-state index >= 15 is 0 Å². The standard InChI is InChI=1S/C25H25NO5S2/c1-30-17-10-12-20(13-11-17)33(28,29)22-15-32-25-21(14-23(27)26-24(22)25)16-6-8-19(9-7-16)31-18-4-2-3-5-18/h6-13,15,18,21H,2-5,14H2,1H3,(H,26,27). The molecule has 1 aromatic heterocycles. The number of thiophene rings is 1. The SMILES string of the molecule is COc1ccc(S(=O)(=O)c2csc3c2NC(=O)CC3c2ccc(OC3CCCC3)cc2)cc1. The Kier molecular flexibility index (Phi) is 5.88. The molecule has 1 aliphatic heterocycles. The quantitative estimate of drug-likeness (QED) is 0.509. The molecule has 172 valence electrons. The predicted octanol–water partition coefficient (Wildman–Crippen LogP) is 5.39. The highest BCUT2D eigenvalue weighted by atomic mass is 32.2. The Morgan fingerprint density at radius 3 is 2.30 bits per heavy atom. The van der Waals surface area contributed by atoms with E-state index in [1.807, 2.05) is 24.3 Å². The number of sulfone groups is 1. The van der Waals surface area contributed by atoms with Gasteiger partial charge in [0.25, 0.3) is 0 Å². The molecule has 0 radical (unpaired) electrons. The number of ether oxygens (including phenoxy) is 2. The maximum absolute atomic E-state index is 13.3. The zero-order chi connectivity index (χ0) is 23.0. The Balaban J connectivity index is 1.45. The molecule has 0 saturated heterocycles. The lowest BCUT2D eigenvalue weighted by molar-refractivity contribution is -0.116. The molecule has 0 bridgehead atoms. The fourth-order valence-electron chi connectivity index (χ4n) is 4.53. The Hall–Kier alpha value is -2.84. The Bertz CT molecular complexity index is 1260. The molecule has 2 aliphatic rings. The second-order valence-corrected chi connectivity index (χ2v) is 11.2. The largest absolute Gasteiger partial charge is 0.497 e. The van der Waals surface area contributed by atoms with Crippen LogP contribution in [0.1, 0.15) is 48.5 Å². The second-order valence-electron chi connectivity index (χ2n) is 8.42. The number of nitrogens with one attached hydrogen (secondary N) is 1. The van der Waals surface area contributed by atoms with Gasteiger partial charge >= 0.3 is 0 Å². The predicted molar refractivity (Wildman–Crippen MR) is 127 cm³/mol. The van der Waals surface area contributed by atoms with E-state index in [-0.39, 0.29) is 34.1 Å². The lowest BCUT2D eigenvalue weighted by Gasteiger charge is -2.24. The maximum Gasteiger partial charge on any atom is 0.225 e. The highest BCUT2D eigenvalue weighted by molar-refractivity contribution is 7.91. The van der Waals surface area contributed by atoms with Crippen LogP contribution in [0.15, 0.2) is 63.7 Å². The summed E-state index contributed by atoms with van der Waals surface area (Å²) in [6.45, 7) is 0. The zero-order valence-electron chi connectivity index (χ0n) is 18.2. The van der Waals surface area contributed by atoms with Crippen LogP contribution in [0.3, 0.4) is 0 Å². The van der Waals surface area contributed by atoms with Crippen molar-refractivity contribution >= 4 is 32.8 Å². The average Bonchev–Trinajstić information content (AvgIpc) is 3.49. The lowest BCUT2D eigenvalue weighted by atomic mass is 9.90. The van der Waals surface area contributed by atoms with Crippen LogP contribution in [-0.4, -0.2) is 27.5 Å². The first-order chi connectivity index (χ1) is 16.0. The van der Waals surface area contributed by atoms with Gasteiger partial charge in [-0.15, -0.1) is 11.3 Å². The molecule has 1 amide bonds. The van der Waals surface area contributed by atoms with Gasteiger partial charge in [0.05, 0.1) is 23.8 Å². The molecule has 1 N–H and O–H groups in total. The first-order valence-electron chi connectivity index (χ1n) is 11.0. The van der Waals surface area contributed by atoms with Gasteiger partial charge < -0.3 is 14.8 Å². The molecular formula is C25H25NO5S2. The van der Waals surface area contributed by atoms with Crippen LogP contribution in [0.2, 0.25) is 0 Å². The molecule has 1 fully saturated rings. The van der Waals surface area contributed by atoms with E-state index in [4.69, 9.17) is 9.47 Å². The number of carbonyl (C=O) groups is 1. The fourth-order valence-corrected chi connectivity index (χ4v) is 7.44. The summed E-state index contributed by atoms with van der Waals surface area (Å²) in [5, 5.41) is 4.43. The number of rotatable bonds is 6. The first kappa shape index (κ1) is 22.0. The molecule has 1 unspecified atom stereocenters. The summed E-state index contributed by atoms with van der Waals surface area (Å²) in [6, 6.07) is 14.1. The van der Waals surface area contributed by atoms with Gasteiger partial charge in [0.15, 0.2) is 0 Å². The van der Waals surface area contributed by atoms with Crippen molar-refractivity contribution < 1.29 is 22.7 Å². The van der Waals surface area contributed by atoms with Crippen molar-refractivity contribution in [3.8, 4) is 11.5 Å². The molecule has 1 atom stereocenters. The normalized spacial score (nSPS) is 18.6. The highest BCUT2D eigenvalue weighted by Crippen LogP contribution is 2.46. The van der Waals surface area contributed by atoms with Crippen LogP contribution in [0.4, 0.5) is 5.69 Å². The number of benzene rings is 2. The van der Waals surface area contributed by atoms with E-state index in [1.165, 1.54) is 43.4 Å². The van der Waals surface area contributed by atoms with Crippen molar-refractivity contribution in [2.24, 2.45) is 0 Å². The summed E-state index contributed by atoms with van der Waals surface area (Å²) in [6.07, 6.45) is 5.17. The molecule has 1 saturated carbocycles. The van der Waals surface area contributed by atoms with Crippen LogP contribution in [0.25, 0.3) is 0 Å². The van der Waals surface area contributed by atoms with E-state index in [1.54, 1.807) is 17.5 Å². The summed E-state index contributed by atoms with van der Waals surface area (Å²) in [4.78, 5) is 13.7. The molecular weight excluding hydrogens is 458 g/mol. The summed E-state index contributed by atoms with van der Waals surface area (Å²) in [5.41, 5.74) is 1.36. The van der Waals surface area contributed by atoms with Crippen molar-refractivity contribution in [1.29, 1.82) is 0 Å². The van der Waals surface area contributed by atoms with Gasteiger partial charge in [-0.1, -0.05) is 12.1 Å². The topological polar surface area (TPSA) is 81.7 Å². The molecule has 3 aromatic rings. The number of amides is 1. The lowest BCUT2D eigenvalue weighted by Crippen LogP contribution is -2.23. The van der Waals surface area contributed by atoms with Crippen LogP contribution in [-0.2, 0) is 14.6 Å². The van der Waals surface area contributed by atoms with E-state index < -0.39 is 9.84 Å². The monoisotopic (exact) mass is 483 g/mol. The summed E-state index contributed by atoms with van der Waals surface area (Å²) in [7, 11) is -2.26. The van der Waals surface area contributed by atoms with E-state index in [0.29, 0.717) is 11.4 Å². The van der Waals surface area contributed by atoms with Gasteiger partial charge in [-0.3, -0.25) is 4.79 Å². The van der Waals surface area contributed by atoms with E-state index in [9.17, 15) is 13.2 Å². The minimum atomic E-state index is -3.79. The third-order valence-corrected chi connectivity index (χ3v) is 9.34. The van der Waals surface area contributed by atoms with Gasteiger partial charge in [-0.25, -0.2) is 8.42 Å². The smallest absolute Gasteiger partial charge is 0.225 e. The molecule has 2 heterocycles. The van der Waals surface area contributed by atoms with Crippen LogP contribution >= 0.6 is 11.3 Å². The molecule has 6 nitrogen and oxygen atoms in total. The van der Waals surface area contributed by atoms with Crippen LogP contribution in [0.5, 0.6) is 11.5 Å². The molecule has 33 heavy (non-hydrogen) atoms. The second kappa shape index (κ2) is 8.83. The summed E-state index contributed by atoms with van der Waals surface area (Å²) < 4.78 is 37.8. The van der Waals surface area contributed by atoms with Gasteiger partial charge in [-0.2, -0.15) is 0 Å². The van der Waals surface area contributed by atoms with Crippen molar-refractivity contribution in [2.45, 2.75) is 53.9 Å². The highest BCUT2D eigenvalue weighted by Gasteiger charge is 2.34. The summed E-state index contributed by atoms with van der Waals surface area (Å²) >= 11 is 1.37. The maximum atomic E-state index is 13.3. The van der Waals surface area contributed by atoms with E-state index in [0.717, 1.165) is 29.0 Å². The van der Waals surface area contributed by atoms with Crippen molar-refractivity contribution in [1.82, 2.24) is 0 Å². The Morgan fingerprint density at radius 2 is 1.64 bits per heavy atom. The Morgan fingerprint density at radius 1 is 0.970 bits per heavy atom. The molecule has 5 rings (SSSR count). The number of hydrogen-bond donors (Lipinski definition) is 1. The van der Waals surface area contributed by atoms with Gasteiger partial charge in [0, 0.05) is 22.6 Å². The minimum Gasteiger partial charge on any atom is -0.497 e. The van der Waals surface area contributed by atoms with Crippen molar-refractivity contribution in [2.75, 3.05) is 12.4 Å². The van der Waals surface area contributed by atoms with Gasteiger partial charge in [-0.05, 0) is 67.6 Å². The average molecular weight is 484 g/mol. The fraction of sp³-hybridized carbons (Fsp3) is 0.320. The van der Waals surface area contributed by atoms with Crippen LogP contribution < -0.4 is 14.8 Å². The minimum absolute atomic E-state index is 0.131. The van der Waals surface area contributed by atoms with E-state index in [2.05, 4.69) is 5.32 Å². The molecule has 2 aromatic carbocycles. The van der Waals surface area contributed by atoms with Crippen molar-refractivity contribution in [3.05, 3.63) is 64.4 Å². The number of methoxy groups -OCH3 is 1. The number of fused-ring (bicyclic) bond motifs is 1. The third kappa shape index (κ3) is 4.25. The van der Waals surface area contributed by atoms with Gasteiger partial charge in [0.2, 0.25) is 15.7 Å². The summed E-state index contributed by atoms with van der Waals surface area (Å²) in [5.74, 6) is 1.03. The van der Waals surface area contributed by atoms with Gasteiger partial charge in [0.1, 0.15) is 16.4 Å². The molecule has 1 aliphatic carbocycles. The van der Waals surface area contributed by atoms with Crippen molar-refractivity contribution in [3.63, 3.8) is 0 Å². The number of hydrogen-bond acceptors (Lipinski definition) is 6. The Labute approximate surface area is 197 Å². The first-order valence-corrected chi connectivity index (χ1v) is 13.4. The molecule has 0 spiro atoms. The zero-order valence-corrected chi connectivity index (χ0v) is 19.9. The molecule has 8 heteroatoms. The number of anilines is 1. The van der Waals surface area contributed by atoms with Crippen LogP contribution in [0, 0.1) is 0 Å². The number of carbonyl (C=O) groups excluding carboxylic acids is 1.